The molecule has 110 valence electrons. The molecule has 0 unspecified atom stereocenters. The van der Waals surface area contributed by atoms with Crippen LogP contribution in [0.4, 0.5) is 0 Å². The number of aryl methyl sites for hydroxylation is 1. The predicted molar refractivity (Wildman–Crippen MR) is 92.5 cm³/mol. The van der Waals surface area contributed by atoms with E-state index in [0.29, 0.717) is 0 Å². The molecule has 3 heteroatoms. The summed E-state index contributed by atoms with van der Waals surface area (Å²) in [7, 11) is 0. The first kappa shape index (κ1) is 14.3. The summed E-state index contributed by atoms with van der Waals surface area (Å²) in [5.74, 6) is 0.926. The predicted octanol–water partition coefficient (Wildman–Crippen LogP) is 4.91. The van der Waals surface area contributed by atoms with Crippen LogP contribution < -0.4 is 0 Å². The van der Waals surface area contributed by atoms with Gasteiger partial charge in [0.2, 0.25) is 0 Å². The summed E-state index contributed by atoms with van der Waals surface area (Å²) in [4.78, 5) is 8.78. The zero-order valence-electron chi connectivity index (χ0n) is 13.1. The molecule has 3 aromatic heterocycles. The van der Waals surface area contributed by atoms with Crippen molar-refractivity contribution in [3.05, 3.63) is 66.7 Å². The molecule has 0 radical (unpaired) electrons. The van der Waals surface area contributed by atoms with E-state index in [1.54, 1.807) is 0 Å². The topological polar surface area (TPSA) is 30.7 Å². The fourth-order valence-electron chi connectivity index (χ4n) is 2.62. The lowest BCUT2D eigenvalue weighted by Crippen LogP contribution is -1.96. The molecular formula is C19H19N3. The molecule has 0 bridgehead atoms. The Morgan fingerprint density at radius 2 is 1.82 bits per heavy atom. The van der Waals surface area contributed by atoms with Gasteiger partial charge in [-0.15, -0.1) is 0 Å². The van der Waals surface area contributed by atoms with Crippen molar-refractivity contribution < 1.29 is 0 Å². The van der Waals surface area contributed by atoms with Gasteiger partial charge in [0.1, 0.15) is 5.82 Å². The Labute approximate surface area is 130 Å². The quantitative estimate of drug-likeness (QED) is 0.498. The highest BCUT2D eigenvalue weighted by Gasteiger charge is 2.06. The van der Waals surface area contributed by atoms with Crippen LogP contribution in [0.1, 0.15) is 19.4 Å². The fourth-order valence-corrected chi connectivity index (χ4v) is 2.62. The Morgan fingerprint density at radius 1 is 0.955 bits per heavy atom. The molecule has 1 aromatic carbocycles. The minimum Gasteiger partial charge on any atom is -0.300 e. The van der Waals surface area contributed by atoms with Crippen molar-refractivity contribution >= 4 is 21.7 Å². The number of nitrogens with zero attached hydrogens (tertiary/aromatic N) is 3. The number of benzene rings is 1. The maximum absolute atomic E-state index is 4.58. The zero-order chi connectivity index (χ0) is 15.5. The molecule has 0 aliphatic heterocycles. The Hall–Kier alpha value is -2.68. The van der Waals surface area contributed by atoms with Crippen LogP contribution in [0.5, 0.6) is 0 Å². The van der Waals surface area contributed by atoms with Crippen molar-refractivity contribution in [1.29, 1.82) is 0 Å². The minimum absolute atomic E-state index is 0.926. The van der Waals surface area contributed by atoms with E-state index in [0.717, 1.165) is 11.3 Å². The highest BCUT2D eigenvalue weighted by molar-refractivity contribution is 5.87. The van der Waals surface area contributed by atoms with Gasteiger partial charge in [-0.2, -0.15) is 0 Å². The maximum Gasteiger partial charge on any atom is 0.137 e. The Morgan fingerprint density at radius 3 is 2.68 bits per heavy atom. The second kappa shape index (κ2) is 5.98. The summed E-state index contributed by atoms with van der Waals surface area (Å²) in [6.45, 7) is 6.13. The molecule has 4 aromatic rings. The van der Waals surface area contributed by atoms with Gasteiger partial charge in [0.15, 0.2) is 0 Å². The van der Waals surface area contributed by atoms with Crippen molar-refractivity contribution in [3.63, 3.8) is 0 Å². The van der Waals surface area contributed by atoms with Crippen LogP contribution in [-0.2, 0) is 0 Å². The van der Waals surface area contributed by atoms with Gasteiger partial charge in [0.25, 0.3) is 0 Å². The van der Waals surface area contributed by atoms with Crippen molar-refractivity contribution in [2.75, 3.05) is 0 Å². The molecule has 0 amide bonds. The van der Waals surface area contributed by atoms with E-state index in [4.69, 9.17) is 0 Å². The Balaban J connectivity index is 0.000000693. The lowest BCUT2D eigenvalue weighted by molar-refractivity contribution is 1.05. The molecule has 22 heavy (non-hydrogen) atoms. The summed E-state index contributed by atoms with van der Waals surface area (Å²) in [5, 5.41) is 3.58. The van der Waals surface area contributed by atoms with E-state index in [-0.39, 0.29) is 0 Å². The number of fused-ring (bicyclic) bond motifs is 2. The van der Waals surface area contributed by atoms with Gasteiger partial charge in [0, 0.05) is 29.4 Å². The molecule has 0 aliphatic carbocycles. The summed E-state index contributed by atoms with van der Waals surface area (Å²) in [6.07, 6.45) is 7.66. The van der Waals surface area contributed by atoms with Gasteiger partial charge in [0.05, 0.1) is 11.7 Å². The fraction of sp³-hybridized carbons (Fsp3) is 0.158. The number of pyridine rings is 2. The van der Waals surface area contributed by atoms with E-state index in [1.165, 1.54) is 21.7 Å². The normalized spacial score (nSPS) is 10.5. The Kier molecular flexibility index (Phi) is 3.88. The zero-order valence-corrected chi connectivity index (χ0v) is 13.1. The molecule has 3 nitrogen and oxygen atoms in total. The van der Waals surface area contributed by atoms with Gasteiger partial charge >= 0.3 is 0 Å². The molecule has 3 heterocycles. The molecule has 0 atom stereocenters. The monoisotopic (exact) mass is 289 g/mol. The molecule has 0 fully saturated rings. The van der Waals surface area contributed by atoms with Gasteiger partial charge in [-0.1, -0.05) is 32.0 Å². The number of rotatable bonds is 1. The second-order valence-electron chi connectivity index (χ2n) is 4.96. The maximum atomic E-state index is 4.58. The van der Waals surface area contributed by atoms with Crippen LogP contribution in [0.3, 0.4) is 0 Å². The summed E-state index contributed by atoms with van der Waals surface area (Å²) < 4.78 is 2.08. The number of hydrogen-bond acceptors (Lipinski definition) is 2. The number of aromatic nitrogens is 3. The highest BCUT2D eigenvalue weighted by atomic mass is 15.1. The van der Waals surface area contributed by atoms with Gasteiger partial charge in [-0.05, 0) is 36.1 Å². The molecule has 0 N–H and O–H groups in total. The minimum atomic E-state index is 0.926. The third-order valence-corrected chi connectivity index (χ3v) is 3.71. The molecule has 0 saturated carbocycles. The van der Waals surface area contributed by atoms with Gasteiger partial charge in [-0.25, -0.2) is 4.98 Å². The van der Waals surface area contributed by atoms with E-state index in [9.17, 15) is 0 Å². The van der Waals surface area contributed by atoms with E-state index >= 15 is 0 Å². The van der Waals surface area contributed by atoms with E-state index in [1.807, 2.05) is 44.7 Å². The first-order valence-electron chi connectivity index (χ1n) is 7.60. The lowest BCUT2D eigenvalue weighted by Gasteiger charge is -2.07. The van der Waals surface area contributed by atoms with Crippen LogP contribution in [0.25, 0.3) is 27.5 Å². The smallest absolute Gasteiger partial charge is 0.137 e. The lowest BCUT2D eigenvalue weighted by atomic mass is 10.1. The number of hydrogen-bond donors (Lipinski definition) is 0. The average molecular weight is 289 g/mol. The molecular weight excluding hydrogens is 270 g/mol. The third-order valence-electron chi connectivity index (χ3n) is 3.71. The van der Waals surface area contributed by atoms with Crippen molar-refractivity contribution in [2.45, 2.75) is 20.8 Å². The van der Waals surface area contributed by atoms with Crippen molar-refractivity contribution in [3.8, 4) is 5.82 Å². The van der Waals surface area contributed by atoms with Crippen LogP contribution in [-0.4, -0.2) is 14.5 Å². The molecule has 0 saturated heterocycles. The van der Waals surface area contributed by atoms with Crippen LogP contribution in [0, 0.1) is 6.92 Å². The molecule has 0 aliphatic rings. The summed E-state index contributed by atoms with van der Waals surface area (Å²) in [5.41, 5.74) is 2.34. The van der Waals surface area contributed by atoms with Crippen LogP contribution >= 0.6 is 0 Å². The van der Waals surface area contributed by atoms with E-state index < -0.39 is 0 Å². The van der Waals surface area contributed by atoms with Crippen molar-refractivity contribution in [2.24, 2.45) is 0 Å². The largest absolute Gasteiger partial charge is 0.300 e. The first-order chi connectivity index (χ1) is 10.8. The van der Waals surface area contributed by atoms with Gasteiger partial charge < -0.3 is 0 Å². The van der Waals surface area contributed by atoms with Crippen molar-refractivity contribution in [1.82, 2.24) is 14.5 Å². The van der Waals surface area contributed by atoms with Crippen LogP contribution in [0.2, 0.25) is 0 Å². The van der Waals surface area contributed by atoms with E-state index in [2.05, 4.69) is 51.8 Å². The SMILES string of the molecule is CC.Cc1cccc2cnc(-n3ccc4ccncc43)cc12. The third kappa shape index (κ3) is 2.35. The highest BCUT2D eigenvalue weighted by Crippen LogP contribution is 2.23. The van der Waals surface area contributed by atoms with Gasteiger partial charge in [-0.3, -0.25) is 9.55 Å². The summed E-state index contributed by atoms with van der Waals surface area (Å²) in [6, 6.07) is 12.5. The first-order valence-corrected chi connectivity index (χ1v) is 7.60. The second-order valence-corrected chi connectivity index (χ2v) is 4.96. The average Bonchev–Trinajstić information content (AvgIpc) is 3.01. The Bertz CT molecular complexity index is 922. The summed E-state index contributed by atoms with van der Waals surface area (Å²) >= 11 is 0. The molecule has 0 spiro atoms. The standard InChI is InChI=1S/C17H13N3.C2H6/c1-12-3-2-4-14-10-19-17(9-15(12)14)20-8-6-13-5-7-18-11-16(13)20;1-2/h2-11H,1H3;1-2H3. The molecule has 4 rings (SSSR count). The van der Waals surface area contributed by atoms with Crippen LogP contribution in [0.15, 0.2) is 61.2 Å².